The van der Waals surface area contributed by atoms with E-state index < -0.39 is 0 Å². The molecule has 0 aromatic heterocycles. The van der Waals surface area contributed by atoms with Crippen LogP contribution in [0.4, 0.5) is 0 Å². The summed E-state index contributed by atoms with van der Waals surface area (Å²) in [4.78, 5) is 0. The van der Waals surface area contributed by atoms with Crippen LogP contribution in [0, 0.1) is 12.8 Å². The van der Waals surface area contributed by atoms with E-state index in [0.717, 1.165) is 25.6 Å². The molecule has 2 heteroatoms. The summed E-state index contributed by atoms with van der Waals surface area (Å²) in [6.07, 6.45) is 3.83. The number of methoxy groups -OCH3 is 1. The minimum absolute atomic E-state index is 0.593. The van der Waals surface area contributed by atoms with Crippen molar-refractivity contribution in [2.24, 2.45) is 5.92 Å². The molecule has 1 aliphatic carbocycles. The Balaban J connectivity index is 2.02. The molecule has 1 aromatic carbocycles. The molecule has 0 amide bonds. The van der Waals surface area contributed by atoms with Gasteiger partial charge in [-0.1, -0.05) is 36.8 Å². The van der Waals surface area contributed by atoms with Gasteiger partial charge in [-0.3, -0.25) is 0 Å². The monoisotopic (exact) mass is 261 g/mol. The zero-order valence-electron chi connectivity index (χ0n) is 12.5. The van der Waals surface area contributed by atoms with E-state index in [2.05, 4.69) is 43.4 Å². The maximum absolute atomic E-state index is 5.24. The van der Waals surface area contributed by atoms with Crippen LogP contribution >= 0.6 is 0 Å². The molecule has 106 valence electrons. The first-order valence-corrected chi connectivity index (χ1v) is 7.49. The fourth-order valence-corrected chi connectivity index (χ4v) is 2.63. The van der Waals surface area contributed by atoms with Gasteiger partial charge in [0, 0.05) is 26.3 Å². The molecule has 2 nitrogen and oxygen atoms in total. The molecule has 0 heterocycles. The number of rotatable bonds is 8. The van der Waals surface area contributed by atoms with E-state index in [0.29, 0.717) is 11.8 Å². The molecule has 0 spiro atoms. The van der Waals surface area contributed by atoms with Gasteiger partial charge < -0.3 is 10.1 Å². The Morgan fingerprint density at radius 1 is 1.37 bits per heavy atom. The number of aryl methyl sites for hydroxylation is 1. The van der Waals surface area contributed by atoms with E-state index in [9.17, 15) is 0 Å². The molecule has 1 saturated carbocycles. The SMILES string of the molecule is COCCC(C)C(CNC1CC1)c1cccc(C)c1. The Hall–Kier alpha value is -0.860. The Bertz CT molecular complexity index is 387. The fraction of sp³-hybridized carbons (Fsp3) is 0.647. The maximum atomic E-state index is 5.24. The van der Waals surface area contributed by atoms with Gasteiger partial charge >= 0.3 is 0 Å². The van der Waals surface area contributed by atoms with Crippen LogP contribution in [-0.4, -0.2) is 26.3 Å². The first-order chi connectivity index (χ1) is 9.20. The zero-order chi connectivity index (χ0) is 13.7. The minimum atomic E-state index is 0.593. The van der Waals surface area contributed by atoms with Crippen LogP contribution in [0.2, 0.25) is 0 Å². The van der Waals surface area contributed by atoms with Gasteiger partial charge in [-0.05, 0) is 43.6 Å². The van der Waals surface area contributed by atoms with E-state index >= 15 is 0 Å². The standard InChI is InChI=1S/C17H27NO/c1-13-5-4-6-15(11-13)17(12-18-16-7-8-16)14(2)9-10-19-3/h4-6,11,14,16-18H,7-10,12H2,1-3H3. The Kier molecular flexibility index (Phi) is 5.41. The van der Waals surface area contributed by atoms with Crippen molar-refractivity contribution < 1.29 is 4.74 Å². The molecular weight excluding hydrogens is 234 g/mol. The van der Waals surface area contributed by atoms with Crippen LogP contribution in [0.15, 0.2) is 24.3 Å². The third-order valence-electron chi connectivity index (χ3n) is 4.14. The first kappa shape index (κ1) is 14.5. The number of hydrogen-bond acceptors (Lipinski definition) is 2. The summed E-state index contributed by atoms with van der Waals surface area (Å²) in [6.45, 7) is 6.47. The van der Waals surface area contributed by atoms with Gasteiger partial charge in [0.05, 0.1) is 0 Å². The van der Waals surface area contributed by atoms with Crippen molar-refractivity contribution >= 4 is 0 Å². The highest BCUT2D eigenvalue weighted by atomic mass is 16.5. The van der Waals surface area contributed by atoms with Gasteiger partial charge in [0.1, 0.15) is 0 Å². The van der Waals surface area contributed by atoms with Crippen LogP contribution in [-0.2, 0) is 4.74 Å². The summed E-state index contributed by atoms with van der Waals surface area (Å²) in [6, 6.07) is 9.74. The highest BCUT2D eigenvalue weighted by Crippen LogP contribution is 2.29. The van der Waals surface area contributed by atoms with Crippen molar-refractivity contribution in [1.29, 1.82) is 0 Å². The van der Waals surface area contributed by atoms with Crippen LogP contribution in [0.25, 0.3) is 0 Å². The summed E-state index contributed by atoms with van der Waals surface area (Å²) in [7, 11) is 1.79. The second kappa shape index (κ2) is 7.06. The smallest absolute Gasteiger partial charge is 0.0465 e. The molecule has 0 aliphatic heterocycles. The molecular formula is C17H27NO. The molecule has 1 N–H and O–H groups in total. The van der Waals surface area contributed by atoms with Gasteiger partial charge in [0.25, 0.3) is 0 Å². The number of hydrogen-bond donors (Lipinski definition) is 1. The van der Waals surface area contributed by atoms with Crippen molar-refractivity contribution in [2.45, 2.75) is 45.1 Å². The topological polar surface area (TPSA) is 21.3 Å². The van der Waals surface area contributed by atoms with Crippen molar-refractivity contribution in [2.75, 3.05) is 20.3 Å². The van der Waals surface area contributed by atoms with E-state index in [-0.39, 0.29) is 0 Å². The van der Waals surface area contributed by atoms with Gasteiger partial charge in [0.15, 0.2) is 0 Å². The summed E-state index contributed by atoms with van der Waals surface area (Å²) in [5.41, 5.74) is 2.82. The largest absolute Gasteiger partial charge is 0.385 e. The lowest BCUT2D eigenvalue weighted by atomic mass is 9.84. The third kappa shape index (κ3) is 4.63. The molecule has 0 bridgehead atoms. The highest BCUT2D eigenvalue weighted by Gasteiger charge is 2.25. The summed E-state index contributed by atoms with van der Waals surface area (Å²) >= 11 is 0. The number of ether oxygens (including phenoxy) is 1. The van der Waals surface area contributed by atoms with Crippen molar-refractivity contribution in [3.8, 4) is 0 Å². The zero-order valence-corrected chi connectivity index (χ0v) is 12.5. The molecule has 2 rings (SSSR count). The molecule has 1 fully saturated rings. The number of benzene rings is 1. The number of nitrogens with one attached hydrogen (secondary N) is 1. The molecule has 2 unspecified atom stereocenters. The van der Waals surface area contributed by atoms with E-state index in [1.54, 1.807) is 7.11 Å². The van der Waals surface area contributed by atoms with E-state index in [4.69, 9.17) is 4.74 Å². The average molecular weight is 261 g/mol. The highest BCUT2D eigenvalue weighted by molar-refractivity contribution is 5.26. The van der Waals surface area contributed by atoms with Gasteiger partial charge in [-0.2, -0.15) is 0 Å². The van der Waals surface area contributed by atoms with Crippen LogP contribution < -0.4 is 5.32 Å². The predicted molar refractivity (Wildman–Crippen MR) is 80.6 cm³/mol. The normalized spacial score (nSPS) is 18.3. The molecule has 0 saturated heterocycles. The van der Waals surface area contributed by atoms with Crippen LogP contribution in [0.3, 0.4) is 0 Å². The molecule has 1 aliphatic rings. The maximum Gasteiger partial charge on any atom is 0.0465 e. The van der Waals surface area contributed by atoms with Crippen LogP contribution in [0.5, 0.6) is 0 Å². The van der Waals surface area contributed by atoms with Crippen molar-refractivity contribution in [1.82, 2.24) is 5.32 Å². The Morgan fingerprint density at radius 2 is 2.16 bits per heavy atom. The lowest BCUT2D eigenvalue weighted by molar-refractivity contribution is 0.173. The van der Waals surface area contributed by atoms with E-state index in [1.807, 2.05) is 0 Å². The van der Waals surface area contributed by atoms with E-state index in [1.165, 1.54) is 24.0 Å². The van der Waals surface area contributed by atoms with Gasteiger partial charge in [-0.15, -0.1) is 0 Å². The summed E-state index contributed by atoms with van der Waals surface area (Å²) in [5, 5.41) is 3.69. The predicted octanol–water partition coefficient (Wildman–Crippen LogP) is 3.50. The molecule has 19 heavy (non-hydrogen) atoms. The summed E-state index contributed by atoms with van der Waals surface area (Å²) < 4.78 is 5.24. The summed E-state index contributed by atoms with van der Waals surface area (Å²) in [5.74, 6) is 1.24. The Morgan fingerprint density at radius 3 is 2.79 bits per heavy atom. The molecule has 1 aromatic rings. The van der Waals surface area contributed by atoms with Crippen molar-refractivity contribution in [3.05, 3.63) is 35.4 Å². The minimum Gasteiger partial charge on any atom is -0.385 e. The van der Waals surface area contributed by atoms with Crippen LogP contribution in [0.1, 0.15) is 43.2 Å². The van der Waals surface area contributed by atoms with Crippen molar-refractivity contribution in [3.63, 3.8) is 0 Å². The first-order valence-electron chi connectivity index (χ1n) is 7.49. The molecule has 0 radical (unpaired) electrons. The quantitative estimate of drug-likeness (QED) is 0.773. The van der Waals surface area contributed by atoms with Gasteiger partial charge in [0.2, 0.25) is 0 Å². The third-order valence-corrected chi connectivity index (χ3v) is 4.14. The van der Waals surface area contributed by atoms with Gasteiger partial charge in [-0.25, -0.2) is 0 Å². The average Bonchev–Trinajstić information content (AvgIpc) is 3.21. The Labute approximate surface area is 117 Å². The second-order valence-corrected chi connectivity index (χ2v) is 5.96. The molecule has 2 atom stereocenters. The lowest BCUT2D eigenvalue weighted by Gasteiger charge is -2.25. The second-order valence-electron chi connectivity index (χ2n) is 5.96. The fourth-order valence-electron chi connectivity index (χ4n) is 2.63. The lowest BCUT2D eigenvalue weighted by Crippen LogP contribution is -2.27.